The summed E-state index contributed by atoms with van der Waals surface area (Å²) >= 11 is 3.41. The van der Waals surface area contributed by atoms with Gasteiger partial charge in [0.2, 0.25) is 0 Å². The molecule has 1 aromatic rings. The van der Waals surface area contributed by atoms with Crippen molar-refractivity contribution in [2.24, 2.45) is 0 Å². The summed E-state index contributed by atoms with van der Waals surface area (Å²) in [6, 6.07) is 9.01. The highest BCUT2D eigenvalue weighted by atomic mass is 79.9. The molecule has 0 aliphatic carbocycles. The van der Waals surface area contributed by atoms with E-state index in [1.165, 1.54) is 0 Å². The standard InChI is InChI=1S/C13H9BrN4/c1-8-3-11(14)9(2)12(4-8)18-13(7-17)10(5-15)6-16/h3-4,18H,1-2H3. The van der Waals surface area contributed by atoms with E-state index in [1.807, 2.05) is 32.0 Å². The maximum atomic E-state index is 8.97. The molecule has 18 heavy (non-hydrogen) atoms. The highest BCUT2D eigenvalue weighted by molar-refractivity contribution is 9.10. The second-order valence-corrected chi connectivity index (χ2v) is 4.48. The summed E-state index contributed by atoms with van der Waals surface area (Å²) in [6.07, 6.45) is 0. The van der Waals surface area contributed by atoms with Crippen LogP contribution in [-0.2, 0) is 0 Å². The predicted octanol–water partition coefficient (Wildman–Crippen LogP) is 3.30. The van der Waals surface area contributed by atoms with Gasteiger partial charge in [-0.05, 0) is 37.1 Å². The molecule has 4 nitrogen and oxygen atoms in total. The number of nitrogens with zero attached hydrogens (tertiary/aromatic N) is 3. The fraction of sp³-hybridized carbons (Fsp3) is 0.154. The van der Waals surface area contributed by atoms with Crippen molar-refractivity contribution in [1.82, 2.24) is 0 Å². The molecular formula is C13H9BrN4. The van der Waals surface area contributed by atoms with E-state index in [9.17, 15) is 0 Å². The van der Waals surface area contributed by atoms with Crippen molar-refractivity contribution >= 4 is 21.6 Å². The van der Waals surface area contributed by atoms with Crippen molar-refractivity contribution in [1.29, 1.82) is 15.8 Å². The fourth-order valence-electron chi connectivity index (χ4n) is 1.36. The van der Waals surface area contributed by atoms with E-state index in [-0.39, 0.29) is 11.3 Å². The molecule has 88 valence electrons. The van der Waals surface area contributed by atoms with Crippen LogP contribution >= 0.6 is 15.9 Å². The van der Waals surface area contributed by atoms with E-state index in [0.29, 0.717) is 5.69 Å². The van der Waals surface area contributed by atoms with Crippen LogP contribution in [-0.4, -0.2) is 0 Å². The molecule has 0 amide bonds. The number of benzene rings is 1. The van der Waals surface area contributed by atoms with Gasteiger partial charge in [0.15, 0.2) is 5.57 Å². The van der Waals surface area contributed by atoms with Gasteiger partial charge in [0.1, 0.15) is 23.9 Å². The Bertz CT molecular complexity index is 623. The summed E-state index contributed by atoms with van der Waals surface area (Å²) in [6.45, 7) is 3.79. The molecule has 0 unspecified atom stereocenters. The zero-order chi connectivity index (χ0) is 13.7. The first-order valence-corrected chi connectivity index (χ1v) is 5.81. The minimum atomic E-state index is -0.227. The Morgan fingerprint density at radius 1 is 1.11 bits per heavy atom. The maximum absolute atomic E-state index is 8.97. The molecule has 0 aliphatic heterocycles. The van der Waals surface area contributed by atoms with E-state index in [0.717, 1.165) is 15.6 Å². The van der Waals surface area contributed by atoms with Crippen LogP contribution in [0.15, 0.2) is 27.9 Å². The van der Waals surface area contributed by atoms with Gasteiger partial charge >= 0.3 is 0 Å². The van der Waals surface area contributed by atoms with Crippen LogP contribution in [0.5, 0.6) is 0 Å². The van der Waals surface area contributed by atoms with Gasteiger partial charge < -0.3 is 5.32 Å². The number of hydrogen-bond donors (Lipinski definition) is 1. The van der Waals surface area contributed by atoms with Crippen LogP contribution in [0.2, 0.25) is 0 Å². The van der Waals surface area contributed by atoms with Crippen molar-refractivity contribution in [3.05, 3.63) is 39.0 Å². The second-order valence-electron chi connectivity index (χ2n) is 3.63. The third-order valence-electron chi connectivity index (χ3n) is 2.33. The fourth-order valence-corrected chi connectivity index (χ4v) is 1.94. The van der Waals surface area contributed by atoms with Crippen LogP contribution in [0.25, 0.3) is 0 Å². The Kier molecular flexibility index (Phi) is 4.49. The molecule has 1 aromatic carbocycles. The highest BCUT2D eigenvalue weighted by Crippen LogP contribution is 2.27. The molecule has 0 saturated heterocycles. The number of hydrogen-bond acceptors (Lipinski definition) is 4. The lowest BCUT2D eigenvalue weighted by molar-refractivity contribution is 1.31. The molecule has 1 rings (SSSR count). The van der Waals surface area contributed by atoms with Crippen molar-refractivity contribution in [2.75, 3.05) is 5.32 Å². The summed E-state index contributed by atoms with van der Waals surface area (Å²) < 4.78 is 0.901. The molecule has 0 saturated carbocycles. The number of anilines is 1. The molecule has 0 radical (unpaired) electrons. The number of nitrogens with one attached hydrogen (secondary N) is 1. The minimum absolute atomic E-state index is 0.0411. The average molecular weight is 301 g/mol. The average Bonchev–Trinajstić information content (AvgIpc) is 2.35. The van der Waals surface area contributed by atoms with E-state index in [1.54, 1.807) is 12.1 Å². The Morgan fingerprint density at radius 3 is 2.22 bits per heavy atom. The lowest BCUT2D eigenvalue weighted by Crippen LogP contribution is -2.03. The third kappa shape index (κ3) is 2.88. The van der Waals surface area contributed by atoms with Gasteiger partial charge in [-0.1, -0.05) is 15.9 Å². The molecule has 0 fully saturated rings. The van der Waals surface area contributed by atoms with Gasteiger partial charge in [-0.2, -0.15) is 15.8 Å². The SMILES string of the molecule is Cc1cc(Br)c(C)c(NC(C#N)=C(C#N)C#N)c1. The second kappa shape index (κ2) is 5.87. The van der Waals surface area contributed by atoms with E-state index >= 15 is 0 Å². The lowest BCUT2D eigenvalue weighted by Gasteiger charge is -2.11. The normalized spacial score (nSPS) is 8.67. The van der Waals surface area contributed by atoms with Gasteiger partial charge in [-0.3, -0.25) is 0 Å². The molecule has 0 atom stereocenters. The Morgan fingerprint density at radius 2 is 1.72 bits per heavy atom. The number of aryl methyl sites for hydroxylation is 1. The zero-order valence-corrected chi connectivity index (χ0v) is 11.5. The van der Waals surface area contributed by atoms with E-state index in [2.05, 4.69) is 21.2 Å². The highest BCUT2D eigenvalue weighted by Gasteiger charge is 2.09. The molecule has 5 heteroatoms. The summed E-state index contributed by atoms with van der Waals surface area (Å²) in [5.41, 5.74) is 2.34. The molecule has 0 aromatic heterocycles. The molecule has 0 bridgehead atoms. The summed E-state index contributed by atoms with van der Waals surface area (Å²) in [7, 11) is 0. The zero-order valence-electron chi connectivity index (χ0n) is 9.87. The van der Waals surface area contributed by atoms with Crippen LogP contribution in [0.4, 0.5) is 5.69 Å². The number of halogens is 1. The Balaban J connectivity index is 3.30. The van der Waals surface area contributed by atoms with Crippen molar-refractivity contribution < 1.29 is 0 Å². The first kappa shape index (κ1) is 13.8. The van der Waals surface area contributed by atoms with E-state index in [4.69, 9.17) is 15.8 Å². The molecular weight excluding hydrogens is 292 g/mol. The Labute approximate surface area is 114 Å². The van der Waals surface area contributed by atoms with Crippen LogP contribution in [0, 0.1) is 47.8 Å². The first-order chi connectivity index (χ1) is 8.53. The van der Waals surface area contributed by atoms with Crippen LogP contribution in [0.1, 0.15) is 11.1 Å². The smallest absolute Gasteiger partial charge is 0.163 e. The van der Waals surface area contributed by atoms with Crippen molar-refractivity contribution in [3.63, 3.8) is 0 Å². The summed E-state index contributed by atoms with van der Waals surface area (Å²) in [5.74, 6) is 0. The molecule has 1 N–H and O–H groups in total. The van der Waals surface area contributed by atoms with Gasteiger partial charge in [0.05, 0.1) is 0 Å². The Hall–Kier alpha value is -2.29. The predicted molar refractivity (Wildman–Crippen MR) is 71.1 cm³/mol. The molecule has 0 heterocycles. The molecule has 0 aliphatic rings. The van der Waals surface area contributed by atoms with Crippen molar-refractivity contribution in [3.8, 4) is 18.2 Å². The van der Waals surface area contributed by atoms with Crippen LogP contribution < -0.4 is 5.32 Å². The van der Waals surface area contributed by atoms with Gasteiger partial charge in [0, 0.05) is 10.2 Å². The monoisotopic (exact) mass is 300 g/mol. The summed E-state index contributed by atoms with van der Waals surface area (Å²) in [5, 5.41) is 29.3. The van der Waals surface area contributed by atoms with Crippen molar-refractivity contribution in [2.45, 2.75) is 13.8 Å². The van der Waals surface area contributed by atoms with E-state index < -0.39 is 0 Å². The lowest BCUT2D eigenvalue weighted by atomic mass is 10.1. The van der Waals surface area contributed by atoms with Crippen LogP contribution in [0.3, 0.4) is 0 Å². The van der Waals surface area contributed by atoms with Gasteiger partial charge in [0.25, 0.3) is 0 Å². The number of rotatable bonds is 2. The topological polar surface area (TPSA) is 83.4 Å². The quantitative estimate of drug-likeness (QED) is 0.849. The minimum Gasteiger partial charge on any atom is -0.345 e. The maximum Gasteiger partial charge on any atom is 0.163 e. The largest absolute Gasteiger partial charge is 0.345 e. The van der Waals surface area contributed by atoms with Gasteiger partial charge in [-0.25, -0.2) is 0 Å². The number of allylic oxidation sites excluding steroid dienone is 2. The summed E-state index contributed by atoms with van der Waals surface area (Å²) in [4.78, 5) is 0. The van der Waals surface area contributed by atoms with Gasteiger partial charge in [-0.15, -0.1) is 0 Å². The third-order valence-corrected chi connectivity index (χ3v) is 3.16. The molecule has 0 spiro atoms. The first-order valence-electron chi connectivity index (χ1n) is 5.01. The number of nitriles is 3.